The lowest BCUT2D eigenvalue weighted by atomic mass is 9.98. The smallest absolute Gasteiger partial charge is 0.344 e. The summed E-state index contributed by atoms with van der Waals surface area (Å²) in [4.78, 5) is 25.7. The maximum atomic E-state index is 12.9. The Morgan fingerprint density at radius 3 is 1.29 bits per heavy atom. The Balaban J connectivity index is 1.60. The van der Waals surface area contributed by atoms with E-state index >= 15 is 0 Å². The number of rotatable bonds is 6. The Bertz CT molecular complexity index is 1450. The normalized spacial score (nSPS) is 15.7. The third-order valence-corrected chi connectivity index (χ3v) is 6.27. The van der Waals surface area contributed by atoms with Crippen LogP contribution in [0.4, 0.5) is 11.4 Å². The molecule has 0 saturated carbocycles. The molecule has 10 heteroatoms. The first kappa shape index (κ1) is 24.6. The van der Waals surface area contributed by atoms with Crippen LogP contribution < -0.4 is 39.9 Å². The summed E-state index contributed by atoms with van der Waals surface area (Å²) < 4.78 is 32.5. The maximum Gasteiger partial charge on any atom is 0.344 e. The second kappa shape index (κ2) is 9.40. The SMILES string of the molecule is COc1cc(/C=C2\C(=O)Oc3cc4c(cc32)OC(=O)/C4=C\c2cc(OC)c(N)cc2OC)c(OC)cc1N. The van der Waals surface area contributed by atoms with Crippen molar-refractivity contribution < 1.29 is 38.0 Å². The highest BCUT2D eigenvalue weighted by Gasteiger charge is 2.35. The van der Waals surface area contributed by atoms with Crippen molar-refractivity contribution in [2.45, 2.75) is 0 Å². The van der Waals surface area contributed by atoms with Gasteiger partial charge >= 0.3 is 11.9 Å². The Morgan fingerprint density at radius 2 is 0.947 bits per heavy atom. The van der Waals surface area contributed by atoms with Gasteiger partial charge in [0, 0.05) is 34.4 Å². The largest absolute Gasteiger partial charge is 0.496 e. The predicted molar refractivity (Wildman–Crippen MR) is 141 cm³/mol. The van der Waals surface area contributed by atoms with E-state index < -0.39 is 11.9 Å². The zero-order valence-electron chi connectivity index (χ0n) is 21.0. The monoisotopic (exact) mass is 516 g/mol. The third-order valence-electron chi connectivity index (χ3n) is 6.27. The van der Waals surface area contributed by atoms with Crippen LogP contribution in [0.2, 0.25) is 0 Å². The maximum absolute atomic E-state index is 12.9. The van der Waals surface area contributed by atoms with E-state index in [0.717, 1.165) is 0 Å². The van der Waals surface area contributed by atoms with Gasteiger partial charge in [0.15, 0.2) is 0 Å². The summed E-state index contributed by atoms with van der Waals surface area (Å²) >= 11 is 0. The van der Waals surface area contributed by atoms with Gasteiger partial charge in [0.25, 0.3) is 0 Å². The van der Waals surface area contributed by atoms with Crippen LogP contribution in [-0.4, -0.2) is 40.4 Å². The summed E-state index contributed by atoms with van der Waals surface area (Å²) in [5.74, 6) is 1.19. The number of carbonyl (C=O) groups excluding carboxylic acids is 2. The van der Waals surface area contributed by atoms with Gasteiger partial charge in [-0.25, -0.2) is 9.59 Å². The molecule has 3 aromatic rings. The Hall–Kier alpha value is -5.12. The first-order chi connectivity index (χ1) is 18.3. The highest BCUT2D eigenvalue weighted by atomic mass is 16.5. The fraction of sp³-hybridized carbons (Fsp3) is 0.143. The molecule has 0 fully saturated rings. The molecule has 0 spiro atoms. The van der Waals surface area contributed by atoms with Gasteiger partial charge in [-0.1, -0.05) is 0 Å². The molecule has 4 N–H and O–H groups in total. The minimum absolute atomic E-state index is 0.256. The molecule has 2 aliphatic rings. The van der Waals surface area contributed by atoms with Gasteiger partial charge in [0.05, 0.1) is 51.0 Å². The number of hydrogen-bond donors (Lipinski definition) is 2. The number of benzene rings is 3. The van der Waals surface area contributed by atoms with Crippen molar-refractivity contribution in [3.63, 3.8) is 0 Å². The van der Waals surface area contributed by atoms with E-state index in [1.807, 2.05) is 0 Å². The zero-order chi connectivity index (χ0) is 27.1. The van der Waals surface area contributed by atoms with Crippen LogP contribution in [0.25, 0.3) is 23.3 Å². The summed E-state index contributed by atoms with van der Waals surface area (Å²) in [7, 11) is 5.98. The van der Waals surface area contributed by atoms with Crippen molar-refractivity contribution in [1.29, 1.82) is 0 Å². The quantitative estimate of drug-likeness (QED) is 0.215. The number of fused-ring (bicyclic) bond motifs is 2. The number of methoxy groups -OCH3 is 4. The van der Waals surface area contributed by atoms with Gasteiger partial charge in [-0.05, 0) is 36.4 Å². The molecule has 0 amide bonds. The van der Waals surface area contributed by atoms with Gasteiger partial charge in [-0.2, -0.15) is 0 Å². The standard InChI is InChI=1S/C28H24N2O8/c1-33-21-11-19(29)25(35-3)7-13(21)5-17-15-9-24-16(10-23(15)37-27(17)31)18(28(32)38-24)6-14-8-26(36-4)20(30)12-22(14)34-2/h5-12H,29-30H2,1-4H3/b17-5-,18-6-. The van der Waals surface area contributed by atoms with Gasteiger partial charge in [-0.3, -0.25) is 0 Å². The average Bonchev–Trinajstić information content (AvgIpc) is 3.37. The lowest BCUT2D eigenvalue weighted by Crippen LogP contribution is -2.02. The fourth-order valence-electron chi connectivity index (χ4n) is 4.38. The predicted octanol–water partition coefficient (Wildman–Crippen LogP) is 3.80. The van der Waals surface area contributed by atoms with Gasteiger partial charge in [0.1, 0.15) is 34.5 Å². The van der Waals surface area contributed by atoms with Crippen LogP contribution in [0, 0.1) is 0 Å². The molecule has 0 radical (unpaired) electrons. The third kappa shape index (κ3) is 4.01. The van der Waals surface area contributed by atoms with Crippen LogP contribution in [0.3, 0.4) is 0 Å². The molecule has 2 aliphatic heterocycles. The van der Waals surface area contributed by atoms with Gasteiger partial charge < -0.3 is 39.9 Å². The summed E-state index contributed by atoms with van der Waals surface area (Å²) in [5, 5.41) is 0. The van der Waals surface area contributed by atoms with Crippen molar-refractivity contribution in [3.05, 3.63) is 58.7 Å². The first-order valence-electron chi connectivity index (χ1n) is 11.4. The van der Waals surface area contributed by atoms with Crippen molar-refractivity contribution in [2.75, 3.05) is 39.9 Å². The molecule has 0 aliphatic carbocycles. The van der Waals surface area contributed by atoms with E-state index in [4.69, 9.17) is 39.9 Å². The fourth-order valence-corrected chi connectivity index (χ4v) is 4.38. The number of anilines is 2. The molecule has 5 rings (SSSR count). The summed E-state index contributed by atoms with van der Waals surface area (Å²) in [6, 6.07) is 9.73. The van der Waals surface area contributed by atoms with E-state index in [-0.39, 0.29) is 22.6 Å². The van der Waals surface area contributed by atoms with Gasteiger partial charge in [-0.15, -0.1) is 0 Å². The lowest BCUT2D eigenvalue weighted by Gasteiger charge is -2.11. The van der Waals surface area contributed by atoms with E-state index in [9.17, 15) is 9.59 Å². The Labute approximate surface area is 217 Å². The summed E-state index contributed by atoms with van der Waals surface area (Å²) in [6.45, 7) is 0. The van der Waals surface area contributed by atoms with Crippen LogP contribution in [0.5, 0.6) is 34.5 Å². The number of hydrogen-bond acceptors (Lipinski definition) is 10. The van der Waals surface area contributed by atoms with Crippen molar-refractivity contribution >= 4 is 46.6 Å². The molecule has 0 aromatic heterocycles. The number of ether oxygens (including phenoxy) is 6. The Kier molecular flexibility index (Phi) is 6.08. The molecule has 3 aromatic carbocycles. The van der Waals surface area contributed by atoms with E-state index in [1.54, 1.807) is 48.6 Å². The van der Waals surface area contributed by atoms with E-state index in [2.05, 4.69) is 0 Å². The molecular weight excluding hydrogens is 492 g/mol. The number of carbonyl (C=O) groups is 2. The molecular formula is C28H24N2O8. The van der Waals surface area contributed by atoms with Crippen molar-refractivity contribution in [2.24, 2.45) is 0 Å². The number of nitrogen functional groups attached to an aromatic ring is 2. The summed E-state index contributed by atoms with van der Waals surface area (Å²) in [6.07, 6.45) is 3.22. The number of esters is 2. The van der Waals surface area contributed by atoms with Crippen molar-refractivity contribution in [1.82, 2.24) is 0 Å². The topological polar surface area (TPSA) is 142 Å². The second-order valence-electron chi connectivity index (χ2n) is 8.41. The minimum atomic E-state index is -0.566. The first-order valence-corrected chi connectivity index (χ1v) is 11.4. The summed E-state index contributed by atoms with van der Waals surface area (Å²) in [5.41, 5.74) is 15.3. The van der Waals surface area contributed by atoms with Crippen LogP contribution in [-0.2, 0) is 9.59 Å². The Morgan fingerprint density at radius 1 is 0.579 bits per heavy atom. The molecule has 0 atom stereocenters. The molecule has 0 bridgehead atoms. The molecule has 0 saturated heterocycles. The molecule has 194 valence electrons. The lowest BCUT2D eigenvalue weighted by molar-refractivity contribution is -0.127. The van der Waals surface area contributed by atoms with Gasteiger partial charge in [0.2, 0.25) is 0 Å². The van der Waals surface area contributed by atoms with E-state index in [1.165, 1.54) is 28.4 Å². The molecule has 10 nitrogen and oxygen atoms in total. The molecule has 2 heterocycles. The molecule has 0 unspecified atom stereocenters. The van der Waals surface area contributed by atoms with Crippen molar-refractivity contribution in [3.8, 4) is 34.5 Å². The number of nitrogens with two attached hydrogens (primary N) is 2. The van der Waals surface area contributed by atoms with Crippen LogP contribution >= 0.6 is 0 Å². The van der Waals surface area contributed by atoms with Crippen LogP contribution in [0.15, 0.2) is 36.4 Å². The highest BCUT2D eigenvalue weighted by Crippen LogP contribution is 2.46. The minimum Gasteiger partial charge on any atom is -0.496 e. The molecule has 38 heavy (non-hydrogen) atoms. The zero-order valence-corrected chi connectivity index (χ0v) is 21.0. The second-order valence-corrected chi connectivity index (χ2v) is 8.41. The van der Waals surface area contributed by atoms with Crippen LogP contribution in [0.1, 0.15) is 22.3 Å². The highest BCUT2D eigenvalue weighted by molar-refractivity contribution is 6.29. The van der Waals surface area contributed by atoms with E-state index in [0.29, 0.717) is 56.6 Å². The average molecular weight is 517 g/mol.